The lowest BCUT2D eigenvalue weighted by molar-refractivity contribution is -0.161. The summed E-state index contributed by atoms with van der Waals surface area (Å²) in [6.45, 7) is 9.40. The molecule has 0 aromatic heterocycles. The van der Waals surface area contributed by atoms with E-state index in [1.165, 1.54) is 122 Å². The fraction of sp³-hybridized carbons (Fsp3) is 0.938. The molecule has 0 bridgehead atoms. The largest absolute Gasteiger partial charge is 0.472 e. The minimum Gasteiger partial charge on any atom is -0.462 e. The molecule has 5 atom stereocenters. The monoisotopic (exact) mass is 1230 g/mol. The van der Waals surface area contributed by atoms with Crippen LogP contribution in [-0.4, -0.2) is 96.7 Å². The summed E-state index contributed by atoms with van der Waals surface area (Å²) in [5.41, 5.74) is 0. The van der Waals surface area contributed by atoms with E-state index in [2.05, 4.69) is 41.5 Å². The van der Waals surface area contributed by atoms with Gasteiger partial charge in [-0.1, -0.05) is 266 Å². The quantitative estimate of drug-likeness (QED) is 0.0222. The van der Waals surface area contributed by atoms with Crippen LogP contribution in [0.5, 0.6) is 0 Å². The van der Waals surface area contributed by atoms with Crippen molar-refractivity contribution in [2.24, 2.45) is 11.8 Å². The number of hydrogen-bond acceptors (Lipinski definition) is 15. The minimum absolute atomic E-state index is 0.104. The first-order chi connectivity index (χ1) is 39.9. The Balaban J connectivity index is 5.22. The van der Waals surface area contributed by atoms with Crippen LogP contribution in [0.3, 0.4) is 0 Å². The Kier molecular flexibility index (Phi) is 55.2. The highest BCUT2D eigenvalue weighted by atomic mass is 31.2. The predicted octanol–water partition coefficient (Wildman–Crippen LogP) is 17.7. The Bertz CT molecular complexity index is 1630. The molecule has 17 nitrogen and oxygen atoms in total. The fourth-order valence-electron chi connectivity index (χ4n) is 9.53. The van der Waals surface area contributed by atoms with Crippen LogP contribution < -0.4 is 0 Å². The van der Waals surface area contributed by atoms with Crippen molar-refractivity contribution in [1.29, 1.82) is 0 Å². The van der Waals surface area contributed by atoms with Gasteiger partial charge >= 0.3 is 39.5 Å². The zero-order chi connectivity index (χ0) is 61.5. The first-order valence-corrected chi connectivity index (χ1v) is 36.5. The number of phosphoric acid groups is 2. The average molecular weight is 1230 g/mol. The Hall–Kier alpha value is -1.94. The molecule has 0 amide bonds. The van der Waals surface area contributed by atoms with Crippen LogP contribution >= 0.6 is 15.6 Å². The molecule has 3 N–H and O–H groups in total. The Morgan fingerprint density at radius 1 is 0.325 bits per heavy atom. The number of unbranched alkanes of at least 4 members (excludes halogenated alkanes) is 33. The first-order valence-electron chi connectivity index (χ1n) is 33.5. The number of ether oxygens (including phenoxy) is 4. The summed E-state index contributed by atoms with van der Waals surface area (Å²) in [6.07, 6.45) is 39.0. The van der Waals surface area contributed by atoms with Crippen LogP contribution in [0, 0.1) is 11.8 Å². The number of esters is 4. The van der Waals surface area contributed by atoms with Crippen LogP contribution in [-0.2, 0) is 65.4 Å². The molecule has 0 aromatic rings. The number of phosphoric ester groups is 2. The van der Waals surface area contributed by atoms with E-state index in [-0.39, 0.29) is 25.7 Å². The summed E-state index contributed by atoms with van der Waals surface area (Å²) in [5.74, 6) is -0.675. The van der Waals surface area contributed by atoms with Crippen LogP contribution in [0.4, 0.5) is 0 Å². The summed E-state index contributed by atoms with van der Waals surface area (Å²) in [7, 11) is -9.88. The second-order valence-electron chi connectivity index (χ2n) is 24.1. The maximum atomic E-state index is 13.0. The molecule has 0 aliphatic heterocycles. The zero-order valence-corrected chi connectivity index (χ0v) is 55.3. The van der Waals surface area contributed by atoms with E-state index in [9.17, 15) is 43.2 Å². The number of rotatable bonds is 63. The normalized spacial score (nSPS) is 14.3. The van der Waals surface area contributed by atoms with Crippen molar-refractivity contribution in [3.8, 4) is 0 Å². The molecule has 19 heteroatoms. The van der Waals surface area contributed by atoms with Crippen molar-refractivity contribution < 1.29 is 80.2 Å². The van der Waals surface area contributed by atoms with E-state index in [0.717, 1.165) is 115 Å². The van der Waals surface area contributed by atoms with Gasteiger partial charge in [-0.25, -0.2) is 9.13 Å². The van der Waals surface area contributed by atoms with Crippen LogP contribution in [0.15, 0.2) is 0 Å². The standard InChI is InChI=1S/C64H124O17P2/c1-7-9-11-13-15-16-17-18-19-22-30-36-42-48-63(68)80-60(53-75-62(67)47-41-35-29-23-20-21-27-32-38-44-56(3)4)55-79-83(72,73)77-51-58(65)50-76-82(70,71)78-54-59(52-74-61(66)46-40-34-26-14-12-10-8-2)81-64(69)49-43-37-31-25-24-28-33-39-45-57(5)6/h56-60,65H,7-55H2,1-6H3,(H,70,71)(H,72,73)/t58-,59+,60+/m0/s1. The molecule has 0 saturated heterocycles. The van der Waals surface area contributed by atoms with Crippen molar-refractivity contribution >= 4 is 39.5 Å². The molecular weight excluding hydrogens is 1100 g/mol. The van der Waals surface area contributed by atoms with Crippen molar-refractivity contribution in [3.05, 3.63) is 0 Å². The van der Waals surface area contributed by atoms with Gasteiger partial charge in [-0.15, -0.1) is 0 Å². The number of aliphatic hydroxyl groups excluding tert-OH is 1. The van der Waals surface area contributed by atoms with E-state index in [4.69, 9.17) is 37.0 Å². The van der Waals surface area contributed by atoms with E-state index >= 15 is 0 Å². The van der Waals surface area contributed by atoms with Crippen molar-refractivity contribution in [2.45, 2.75) is 336 Å². The van der Waals surface area contributed by atoms with Crippen LogP contribution in [0.2, 0.25) is 0 Å². The molecule has 0 rings (SSSR count). The lowest BCUT2D eigenvalue weighted by atomic mass is 10.0. The van der Waals surface area contributed by atoms with E-state index in [0.29, 0.717) is 25.7 Å². The van der Waals surface area contributed by atoms with Gasteiger partial charge in [0.15, 0.2) is 12.2 Å². The van der Waals surface area contributed by atoms with Gasteiger partial charge < -0.3 is 33.8 Å². The molecular formula is C64H124O17P2. The third kappa shape index (κ3) is 58.8. The Morgan fingerprint density at radius 3 is 0.819 bits per heavy atom. The van der Waals surface area contributed by atoms with Crippen molar-refractivity contribution in [2.75, 3.05) is 39.6 Å². The summed E-state index contributed by atoms with van der Waals surface area (Å²) >= 11 is 0. The van der Waals surface area contributed by atoms with Gasteiger partial charge in [-0.3, -0.25) is 37.3 Å². The smallest absolute Gasteiger partial charge is 0.462 e. The molecule has 492 valence electrons. The summed E-state index contributed by atoms with van der Waals surface area (Å²) in [5, 5.41) is 10.5. The fourth-order valence-corrected chi connectivity index (χ4v) is 11.1. The predicted molar refractivity (Wildman–Crippen MR) is 331 cm³/mol. The molecule has 0 spiro atoms. The molecule has 0 fully saturated rings. The number of hydrogen-bond donors (Lipinski definition) is 3. The zero-order valence-electron chi connectivity index (χ0n) is 53.5. The lowest BCUT2D eigenvalue weighted by Gasteiger charge is -2.21. The minimum atomic E-state index is -4.94. The highest BCUT2D eigenvalue weighted by molar-refractivity contribution is 7.47. The summed E-state index contributed by atoms with van der Waals surface area (Å²) < 4.78 is 67.9. The number of carbonyl (C=O) groups excluding carboxylic acids is 4. The highest BCUT2D eigenvalue weighted by Gasteiger charge is 2.30. The lowest BCUT2D eigenvalue weighted by Crippen LogP contribution is -2.30. The highest BCUT2D eigenvalue weighted by Crippen LogP contribution is 2.45. The Labute approximate surface area is 505 Å². The third-order valence-corrected chi connectivity index (χ3v) is 16.6. The van der Waals surface area contributed by atoms with Gasteiger partial charge in [-0.2, -0.15) is 0 Å². The SMILES string of the molecule is CCCCCCCCCCCCCCCC(=O)O[C@H](COC(=O)CCCCCCCCCCCC(C)C)COP(=O)(O)OC[C@@H](O)COP(=O)(O)OC[C@@H](COC(=O)CCCCCCCCC)OC(=O)CCCCCCCCCCC(C)C. The van der Waals surface area contributed by atoms with Crippen LogP contribution in [0.1, 0.15) is 318 Å². The molecule has 83 heavy (non-hydrogen) atoms. The van der Waals surface area contributed by atoms with Crippen molar-refractivity contribution in [1.82, 2.24) is 0 Å². The third-order valence-electron chi connectivity index (χ3n) is 14.7. The summed E-state index contributed by atoms with van der Waals surface area (Å²) in [6, 6.07) is 0. The average Bonchev–Trinajstić information content (AvgIpc) is 3.45. The van der Waals surface area contributed by atoms with Gasteiger partial charge in [0.2, 0.25) is 0 Å². The molecule has 0 aliphatic carbocycles. The molecule has 0 radical (unpaired) electrons. The van der Waals surface area contributed by atoms with E-state index in [1.807, 2.05) is 0 Å². The maximum Gasteiger partial charge on any atom is 0.472 e. The molecule has 0 aromatic carbocycles. The van der Waals surface area contributed by atoms with E-state index in [1.54, 1.807) is 0 Å². The summed E-state index contributed by atoms with van der Waals surface area (Å²) in [4.78, 5) is 72.1. The Morgan fingerprint density at radius 2 is 0.554 bits per heavy atom. The molecule has 0 heterocycles. The number of carbonyl (C=O) groups is 4. The molecule has 2 unspecified atom stereocenters. The van der Waals surface area contributed by atoms with Gasteiger partial charge in [0.1, 0.15) is 19.3 Å². The van der Waals surface area contributed by atoms with Crippen LogP contribution in [0.25, 0.3) is 0 Å². The topological polar surface area (TPSA) is 237 Å². The van der Waals surface area contributed by atoms with Gasteiger partial charge in [-0.05, 0) is 37.5 Å². The van der Waals surface area contributed by atoms with E-state index < -0.39 is 97.5 Å². The van der Waals surface area contributed by atoms with Gasteiger partial charge in [0, 0.05) is 25.7 Å². The second kappa shape index (κ2) is 56.6. The first kappa shape index (κ1) is 81.1. The second-order valence-corrected chi connectivity index (χ2v) is 27.0. The van der Waals surface area contributed by atoms with Gasteiger partial charge in [0.25, 0.3) is 0 Å². The molecule has 0 aliphatic rings. The number of aliphatic hydroxyl groups is 1. The maximum absolute atomic E-state index is 13.0. The van der Waals surface area contributed by atoms with Gasteiger partial charge in [0.05, 0.1) is 26.4 Å². The van der Waals surface area contributed by atoms with Crippen molar-refractivity contribution in [3.63, 3.8) is 0 Å². The molecule has 0 saturated carbocycles.